The molecular formula is C14H20N2O4S. The number of thiazole rings is 1. The molecule has 116 valence electrons. The van der Waals surface area contributed by atoms with Crippen LogP contribution >= 0.6 is 11.3 Å². The van der Waals surface area contributed by atoms with Crippen molar-refractivity contribution in [2.24, 2.45) is 0 Å². The van der Waals surface area contributed by atoms with Gasteiger partial charge in [-0.1, -0.05) is 0 Å². The highest BCUT2D eigenvalue weighted by atomic mass is 32.1. The number of rotatable bonds is 3. The third-order valence-corrected chi connectivity index (χ3v) is 3.72. The molecular weight excluding hydrogens is 292 g/mol. The lowest BCUT2D eigenvalue weighted by molar-refractivity contribution is -0.129. The molecule has 0 aliphatic carbocycles. The van der Waals surface area contributed by atoms with Crippen LogP contribution in [-0.4, -0.2) is 53.2 Å². The quantitative estimate of drug-likeness (QED) is 0.852. The molecule has 0 radical (unpaired) electrons. The summed E-state index contributed by atoms with van der Waals surface area (Å²) < 4.78 is 10.7. The van der Waals surface area contributed by atoms with Gasteiger partial charge in [0.05, 0.1) is 24.6 Å². The van der Waals surface area contributed by atoms with Crippen LogP contribution in [-0.2, 0) is 20.7 Å². The molecule has 1 atom stereocenters. The van der Waals surface area contributed by atoms with Gasteiger partial charge in [0.2, 0.25) is 0 Å². The first kappa shape index (κ1) is 15.9. The molecule has 21 heavy (non-hydrogen) atoms. The zero-order chi connectivity index (χ0) is 15.5. The molecule has 0 spiro atoms. The van der Waals surface area contributed by atoms with Crippen LogP contribution in [0.2, 0.25) is 0 Å². The number of hydrogen-bond donors (Lipinski definition) is 0. The van der Waals surface area contributed by atoms with E-state index in [0.717, 1.165) is 5.01 Å². The number of ether oxygens (including phenoxy) is 2. The molecule has 0 N–H and O–H groups in total. The largest absolute Gasteiger partial charge is 0.444 e. The lowest BCUT2D eigenvalue weighted by Gasteiger charge is -2.35. The van der Waals surface area contributed by atoms with E-state index in [1.54, 1.807) is 27.0 Å². The standard InChI is InChI=1S/C14H20N2O4S/c1-14(2,3)20-13(18)16-5-6-19-9-10(16)11(17)8-12-15-4-7-21-12/h4,7,10H,5-6,8-9H2,1-3H3. The summed E-state index contributed by atoms with van der Waals surface area (Å²) >= 11 is 1.43. The van der Waals surface area contributed by atoms with Gasteiger partial charge in [0.1, 0.15) is 11.6 Å². The summed E-state index contributed by atoms with van der Waals surface area (Å²) in [5.74, 6) is -0.0736. The molecule has 7 heteroatoms. The Labute approximate surface area is 128 Å². The summed E-state index contributed by atoms with van der Waals surface area (Å²) in [6.07, 6.45) is 1.41. The van der Waals surface area contributed by atoms with Crippen molar-refractivity contribution in [3.63, 3.8) is 0 Å². The topological polar surface area (TPSA) is 68.7 Å². The smallest absolute Gasteiger partial charge is 0.411 e. The lowest BCUT2D eigenvalue weighted by Crippen LogP contribution is -2.54. The molecule has 1 fully saturated rings. The second-order valence-corrected chi connectivity index (χ2v) is 6.81. The number of morpholine rings is 1. The van der Waals surface area contributed by atoms with Crippen molar-refractivity contribution in [3.05, 3.63) is 16.6 Å². The van der Waals surface area contributed by atoms with Crippen molar-refractivity contribution in [3.8, 4) is 0 Å². The number of carbonyl (C=O) groups excluding carboxylic acids is 2. The zero-order valence-electron chi connectivity index (χ0n) is 12.5. The summed E-state index contributed by atoms with van der Waals surface area (Å²) in [6, 6.07) is -0.600. The monoisotopic (exact) mass is 312 g/mol. The number of ketones is 1. The maximum Gasteiger partial charge on any atom is 0.411 e. The Bertz CT molecular complexity index is 496. The van der Waals surface area contributed by atoms with Gasteiger partial charge in [0.15, 0.2) is 5.78 Å². The van der Waals surface area contributed by atoms with Crippen LogP contribution in [0, 0.1) is 0 Å². The van der Waals surface area contributed by atoms with Gasteiger partial charge in [-0.25, -0.2) is 9.78 Å². The van der Waals surface area contributed by atoms with Crippen LogP contribution in [0.25, 0.3) is 0 Å². The first-order valence-corrected chi connectivity index (χ1v) is 7.73. The highest BCUT2D eigenvalue weighted by Crippen LogP contribution is 2.17. The molecule has 1 aliphatic heterocycles. The normalized spacial score (nSPS) is 19.4. The van der Waals surface area contributed by atoms with Gasteiger partial charge in [0, 0.05) is 18.1 Å². The Kier molecular flexibility index (Phi) is 4.95. The number of hydrogen-bond acceptors (Lipinski definition) is 6. The molecule has 1 aliphatic rings. The van der Waals surface area contributed by atoms with Crippen molar-refractivity contribution in [1.82, 2.24) is 9.88 Å². The minimum absolute atomic E-state index is 0.0736. The Morgan fingerprint density at radius 3 is 2.90 bits per heavy atom. The average molecular weight is 312 g/mol. The molecule has 1 amide bonds. The second-order valence-electron chi connectivity index (χ2n) is 5.83. The number of nitrogens with zero attached hydrogens (tertiary/aromatic N) is 2. The molecule has 2 rings (SSSR count). The first-order valence-electron chi connectivity index (χ1n) is 6.85. The predicted molar refractivity (Wildman–Crippen MR) is 78.4 cm³/mol. The third kappa shape index (κ3) is 4.50. The van der Waals surface area contributed by atoms with Crippen LogP contribution in [0.1, 0.15) is 25.8 Å². The van der Waals surface area contributed by atoms with Crippen molar-refractivity contribution in [1.29, 1.82) is 0 Å². The minimum atomic E-state index is -0.600. The van der Waals surface area contributed by atoms with Gasteiger partial charge in [-0.3, -0.25) is 9.69 Å². The van der Waals surface area contributed by atoms with Gasteiger partial charge in [-0.2, -0.15) is 0 Å². The Morgan fingerprint density at radius 2 is 2.29 bits per heavy atom. The van der Waals surface area contributed by atoms with E-state index in [1.165, 1.54) is 16.2 Å². The van der Waals surface area contributed by atoms with E-state index in [2.05, 4.69) is 4.98 Å². The van der Waals surface area contributed by atoms with E-state index in [1.807, 2.05) is 5.38 Å². The van der Waals surface area contributed by atoms with E-state index in [9.17, 15) is 9.59 Å². The maximum atomic E-state index is 12.4. The number of carbonyl (C=O) groups is 2. The van der Waals surface area contributed by atoms with Gasteiger partial charge < -0.3 is 9.47 Å². The Balaban J connectivity index is 2.04. The molecule has 2 heterocycles. The fourth-order valence-electron chi connectivity index (χ4n) is 2.02. The highest BCUT2D eigenvalue weighted by Gasteiger charge is 2.35. The SMILES string of the molecule is CC(C)(C)OC(=O)N1CCOCC1C(=O)Cc1nccs1. The molecule has 0 bridgehead atoms. The first-order chi connectivity index (χ1) is 9.87. The molecule has 1 aromatic rings. The van der Waals surface area contributed by atoms with E-state index in [4.69, 9.17) is 9.47 Å². The summed E-state index contributed by atoms with van der Waals surface area (Å²) in [6.45, 7) is 6.40. The van der Waals surface area contributed by atoms with Crippen LogP contribution in [0.4, 0.5) is 4.79 Å². The number of amides is 1. The van der Waals surface area contributed by atoms with Crippen LogP contribution in [0.5, 0.6) is 0 Å². The zero-order valence-corrected chi connectivity index (χ0v) is 13.3. The molecule has 0 aromatic carbocycles. The second kappa shape index (κ2) is 6.53. The fourth-order valence-corrected chi connectivity index (χ4v) is 2.64. The highest BCUT2D eigenvalue weighted by molar-refractivity contribution is 7.09. The Morgan fingerprint density at radius 1 is 1.52 bits per heavy atom. The summed E-state index contributed by atoms with van der Waals surface area (Å²) in [5, 5.41) is 2.57. The number of aromatic nitrogens is 1. The minimum Gasteiger partial charge on any atom is -0.444 e. The lowest BCUT2D eigenvalue weighted by atomic mass is 10.1. The van der Waals surface area contributed by atoms with Gasteiger partial charge in [0.25, 0.3) is 0 Å². The molecule has 1 aromatic heterocycles. The van der Waals surface area contributed by atoms with E-state index < -0.39 is 17.7 Å². The van der Waals surface area contributed by atoms with E-state index in [0.29, 0.717) is 13.2 Å². The third-order valence-electron chi connectivity index (χ3n) is 2.94. The molecule has 1 saturated heterocycles. The van der Waals surface area contributed by atoms with E-state index in [-0.39, 0.29) is 18.8 Å². The summed E-state index contributed by atoms with van der Waals surface area (Å²) in [5.41, 5.74) is -0.585. The average Bonchev–Trinajstić information content (AvgIpc) is 2.89. The molecule has 0 saturated carbocycles. The van der Waals surface area contributed by atoms with Crippen molar-refractivity contribution in [2.75, 3.05) is 19.8 Å². The maximum absolute atomic E-state index is 12.4. The number of Topliss-reactive ketones (excluding diaryl/α,β-unsaturated/α-hetero) is 1. The van der Waals surface area contributed by atoms with E-state index >= 15 is 0 Å². The van der Waals surface area contributed by atoms with Gasteiger partial charge in [-0.05, 0) is 20.8 Å². The van der Waals surface area contributed by atoms with Gasteiger partial charge in [-0.15, -0.1) is 11.3 Å². The van der Waals surface area contributed by atoms with Crippen LogP contribution < -0.4 is 0 Å². The van der Waals surface area contributed by atoms with Gasteiger partial charge >= 0.3 is 6.09 Å². The van der Waals surface area contributed by atoms with Crippen LogP contribution in [0.15, 0.2) is 11.6 Å². The molecule has 1 unspecified atom stereocenters. The van der Waals surface area contributed by atoms with Crippen LogP contribution in [0.3, 0.4) is 0 Å². The fraction of sp³-hybridized carbons (Fsp3) is 0.643. The Hall–Kier alpha value is -1.47. The van der Waals surface area contributed by atoms with Crippen molar-refractivity contribution in [2.45, 2.75) is 38.8 Å². The summed E-state index contributed by atoms with van der Waals surface area (Å²) in [4.78, 5) is 30.2. The molecule has 6 nitrogen and oxygen atoms in total. The summed E-state index contributed by atoms with van der Waals surface area (Å²) in [7, 11) is 0. The van der Waals surface area contributed by atoms with Crippen molar-refractivity contribution < 1.29 is 19.1 Å². The van der Waals surface area contributed by atoms with Crippen molar-refractivity contribution >= 4 is 23.2 Å². The predicted octanol–water partition coefficient (Wildman–Crippen LogP) is 1.89.